The Kier molecular flexibility index (Phi) is 3.06. The van der Waals surface area contributed by atoms with Gasteiger partial charge in [0.25, 0.3) is 0 Å². The summed E-state index contributed by atoms with van der Waals surface area (Å²) in [6.45, 7) is 5.18. The summed E-state index contributed by atoms with van der Waals surface area (Å²) in [5, 5.41) is 0. The normalized spacial score (nSPS) is 31.2. The lowest BCUT2D eigenvalue weighted by molar-refractivity contribution is -0.115. The fraction of sp³-hybridized carbons (Fsp3) is 0.889. The van der Waals surface area contributed by atoms with Gasteiger partial charge in [0.2, 0.25) is 0 Å². The summed E-state index contributed by atoms with van der Waals surface area (Å²) < 4.78 is 5.25. The van der Waals surface area contributed by atoms with Crippen molar-refractivity contribution in [3.05, 3.63) is 0 Å². The Labute approximate surface area is 67.9 Å². The summed E-state index contributed by atoms with van der Waals surface area (Å²) in [5.74, 6) is 1.33. The number of rotatable bonds is 3. The third-order valence-electron chi connectivity index (χ3n) is 2.07. The third kappa shape index (κ3) is 2.62. The van der Waals surface area contributed by atoms with Crippen molar-refractivity contribution < 1.29 is 9.53 Å². The van der Waals surface area contributed by atoms with Gasteiger partial charge in [0, 0.05) is 0 Å². The summed E-state index contributed by atoms with van der Waals surface area (Å²) in [6.07, 6.45) is 2.92. The zero-order valence-electron chi connectivity index (χ0n) is 7.25. The molecule has 0 aliphatic carbocycles. The lowest BCUT2D eigenvalue weighted by Gasteiger charge is -2.09. The molecule has 1 aliphatic rings. The second kappa shape index (κ2) is 3.86. The van der Waals surface area contributed by atoms with E-state index in [1.807, 2.05) is 0 Å². The number of carbonyl (C=O) groups is 1. The lowest BCUT2D eigenvalue weighted by atomic mass is 9.95. The highest BCUT2D eigenvalue weighted by Gasteiger charge is 2.24. The molecule has 0 amide bonds. The topological polar surface area (TPSA) is 26.3 Å². The third-order valence-corrected chi connectivity index (χ3v) is 2.07. The predicted octanol–water partition coefficient (Wildman–Crippen LogP) is 1.64. The minimum atomic E-state index is -0.112. The summed E-state index contributed by atoms with van der Waals surface area (Å²) in [5.41, 5.74) is 0. The van der Waals surface area contributed by atoms with Gasteiger partial charge in [-0.1, -0.05) is 13.8 Å². The van der Waals surface area contributed by atoms with Crippen LogP contribution in [0.15, 0.2) is 0 Å². The highest BCUT2D eigenvalue weighted by Crippen LogP contribution is 2.24. The molecule has 1 aliphatic heterocycles. The van der Waals surface area contributed by atoms with Gasteiger partial charge in [-0.3, -0.25) is 0 Å². The Morgan fingerprint density at radius 2 is 2.36 bits per heavy atom. The molecule has 1 rings (SSSR count). The standard InChI is InChI=1S/C9H16O2/c1-7(2)3-8-4-9(5-10)11-6-8/h5,7-9H,3-4,6H2,1-2H3/t8-,9?/m0/s1. The zero-order valence-corrected chi connectivity index (χ0v) is 7.25. The van der Waals surface area contributed by atoms with E-state index in [9.17, 15) is 4.79 Å². The van der Waals surface area contributed by atoms with Crippen LogP contribution in [-0.2, 0) is 9.53 Å². The fourth-order valence-electron chi connectivity index (χ4n) is 1.65. The van der Waals surface area contributed by atoms with E-state index >= 15 is 0 Å². The molecule has 0 saturated carbocycles. The van der Waals surface area contributed by atoms with Crippen LogP contribution in [0.3, 0.4) is 0 Å². The molecule has 64 valence electrons. The van der Waals surface area contributed by atoms with Gasteiger partial charge in [0.05, 0.1) is 6.61 Å². The van der Waals surface area contributed by atoms with Crippen molar-refractivity contribution in [3.8, 4) is 0 Å². The van der Waals surface area contributed by atoms with Crippen LogP contribution in [-0.4, -0.2) is 19.0 Å². The summed E-state index contributed by atoms with van der Waals surface area (Å²) >= 11 is 0. The highest BCUT2D eigenvalue weighted by atomic mass is 16.5. The number of hydrogen-bond donors (Lipinski definition) is 0. The molecule has 1 saturated heterocycles. The van der Waals surface area contributed by atoms with Crippen LogP contribution in [0.5, 0.6) is 0 Å². The van der Waals surface area contributed by atoms with Crippen LogP contribution in [0.4, 0.5) is 0 Å². The SMILES string of the molecule is CC(C)C[C@@H]1COC(C=O)C1. The molecule has 1 unspecified atom stereocenters. The fourth-order valence-corrected chi connectivity index (χ4v) is 1.65. The van der Waals surface area contributed by atoms with Crippen LogP contribution >= 0.6 is 0 Å². The van der Waals surface area contributed by atoms with E-state index < -0.39 is 0 Å². The first-order valence-electron chi connectivity index (χ1n) is 4.29. The molecular formula is C9H16O2. The van der Waals surface area contributed by atoms with E-state index in [0.717, 1.165) is 19.3 Å². The van der Waals surface area contributed by atoms with Crippen LogP contribution < -0.4 is 0 Å². The van der Waals surface area contributed by atoms with Gasteiger partial charge in [-0.15, -0.1) is 0 Å². The molecule has 1 fully saturated rings. The van der Waals surface area contributed by atoms with E-state index in [2.05, 4.69) is 13.8 Å². The van der Waals surface area contributed by atoms with Crippen molar-refractivity contribution in [1.82, 2.24) is 0 Å². The molecule has 0 N–H and O–H groups in total. The van der Waals surface area contributed by atoms with E-state index in [4.69, 9.17) is 4.74 Å². The quantitative estimate of drug-likeness (QED) is 0.580. The van der Waals surface area contributed by atoms with Crippen LogP contribution in [0, 0.1) is 11.8 Å². The Hall–Kier alpha value is -0.370. The number of ether oxygens (including phenoxy) is 1. The van der Waals surface area contributed by atoms with E-state index in [1.54, 1.807) is 0 Å². The van der Waals surface area contributed by atoms with Gasteiger partial charge in [0.15, 0.2) is 0 Å². The van der Waals surface area contributed by atoms with E-state index in [-0.39, 0.29) is 6.10 Å². The molecule has 0 aromatic heterocycles. The maximum absolute atomic E-state index is 10.3. The van der Waals surface area contributed by atoms with Gasteiger partial charge >= 0.3 is 0 Å². The van der Waals surface area contributed by atoms with Crippen LogP contribution in [0.1, 0.15) is 26.7 Å². The van der Waals surface area contributed by atoms with Gasteiger partial charge < -0.3 is 9.53 Å². The predicted molar refractivity (Wildman–Crippen MR) is 43.4 cm³/mol. The van der Waals surface area contributed by atoms with Crippen molar-refractivity contribution in [3.63, 3.8) is 0 Å². The van der Waals surface area contributed by atoms with Crippen molar-refractivity contribution >= 4 is 6.29 Å². The van der Waals surface area contributed by atoms with Crippen molar-refractivity contribution in [1.29, 1.82) is 0 Å². The Bertz CT molecular complexity index is 132. The molecule has 2 heteroatoms. The molecule has 0 radical (unpaired) electrons. The summed E-state index contributed by atoms with van der Waals surface area (Å²) in [6, 6.07) is 0. The van der Waals surface area contributed by atoms with E-state index in [1.165, 1.54) is 6.42 Å². The number of hydrogen-bond acceptors (Lipinski definition) is 2. The van der Waals surface area contributed by atoms with Gasteiger partial charge in [0.1, 0.15) is 12.4 Å². The smallest absolute Gasteiger partial charge is 0.148 e. The molecule has 2 atom stereocenters. The summed E-state index contributed by atoms with van der Waals surface area (Å²) in [4.78, 5) is 10.3. The molecule has 0 spiro atoms. The first-order valence-corrected chi connectivity index (χ1v) is 4.29. The number of carbonyl (C=O) groups excluding carboxylic acids is 1. The average Bonchev–Trinajstić information content (AvgIpc) is 2.34. The van der Waals surface area contributed by atoms with E-state index in [0.29, 0.717) is 11.8 Å². The Balaban J connectivity index is 2.24. The van der Waals surface area contributed by atoms with Crippen molar-refractivity contribution in [2.45, 2.75) is 32.8 Å². The maximum Gasteiger partial charge on any atom is 0.148 e. The minimum absolute atomic E-state index is 0.112. The van der Waals surface area contributed by atoms with Gasteiger partial charge in [-0.25, -0.2) is 0 Å². The molecular weight excluding hydrogens is 140 g/mol. The summed E-state index contributed by atoms with van der Waals surface area (Å²) in [7, 11) is 0. The average molecular weight is 156 g/mol. The Morgan fingerprint density at radius 3 is 2.82 bits per heavy atom. The lowest BCUT2D eigenvalue weighted by Crippen LogP contribution is -2.06. The molecule has 0 aromatic carbocycles. The van der Waals surface area contributed by atoms with Crippen LogP contribution in [0.25, 0.3) is 0 Å². The first-order chi connectivity index (χ1) is 5.22. The zero-order chi connectivity index (χ0) is 8.27. The molecule has 11 heavy (non-hydrogen) atoms. The second-order valence-corrected chi connectivity index (χ2v) is 3.74. The molecule has 0 aromatic rings. The van der Waals surface area contributed by atoms with Crippen molar-refractivity contribution in [2.75, 3.05) is 6.61 Å². The molecule has 1 heterocycles. The first kappa shape index (κ1) is 8.72. The second-order valence-electron chi connectivity index (χ2n) is 3.74. The van der Waals surface area contributed by atoms with Crippen molar-refractivity contribution in [2.24, 2.45) is 11.8 Å². The number of aldehydes is 1. The van der Waals surface area contributed by atoms with Gasteiger partial charge in [-0.2, -0.15) is 0 Å². The van der Waals surface area contributed by atoms with Crippen LogP contribution in [0.2, 0.25) is 0 Å². The molecule has 0 bridgehead atoms. The van der Waals surface area contributed by atoms with Gasteiger partial charge in [-0.05, 0) is 24.7 Å². The Morgan fingerprint density at radius 1 is 1.64 bits per heavy atom. The molecule has 2 nitrogen and oxygen atoms in total. The highest BCUT2D eigenvalue weighted by molar-refractivity contribution is 5.56. The maximum atomic E-state index is 10.3. The minimum Gasteiger partial charge on any atom is -0.370 e. The monoisotopic (exact) mass is 156 g/mol. The largest absolute Gasteiger partial charge is 0.370 e.